The van der Waals surface area contributed by atoms with Gasteiger partial charge in [0.05, 0.1) is 11.2 Å². The van der Waals surface area contributed by atoms with Crippen molar-refractivity contribution < 1.29 is 0 Å². The molecule has 0 radical (unpaired) electrons. The maximum atomic E-state index is 4.62. The number of hydrogen-bond donors (Lipinski definition) is 0. The van der Waals surface area contributed by atoms with Crippen LogP contribution in [-0.4, -0.2) is 9.38 Å². The molecule has 0 saturated carbocycles. The number of hydrogen-bond acceptors (Lipinski definition) is 1. The Morgan fingerprint density at radius 3 is 2.86 bits per heavy atom. The Hall–Kier alpha value is -0.830. The Morgan fingerprint density at radius 1 is 1.43 bits per heavy atom. The Labute approximate surface area is 92.1 Å². The van der Waals surface area contributed by atoms with Gasteiger partial charge in [0.15, 0.2) is 0 Å². The van der Waals surface area contributed by atoms with Crippen LogP contribution in [0.1, 0.15) is 31.3 Å². The van der Waals surface area contributed by atoms with E-state index in [2.05, 4.69) is 51.4 Å². The van der Waals surface area contributed by atoms with Crippen LogP contribution in [-0.2, 0) is 5.33 Å². The molecule has 0 spiro atoms. The van der Waals surface area contributed by atoms with Gasteiger partial charge < -0.3 is 4.40 Å². The first-order valence-corrected chi connectivity index (χ1v) is 5.88. The van der Waals surface area contributed by atoms with Crippen molar-refractivity contribution in [3.8, 4) is 0 Å². The molecule has 3 heteroatoms. The standard InChI is InChI=1S/C11H13BrN2/c1-8(2)11-13-9(7-12)10-5-3-4-6-14(10)11/h3-6,8H,7H2,1-2H3. The number of alkyl halides is 1. The lowest BCUT2D eigenvalue weighted by Crippen LogP contribution is -1.95. The van der Waals surface area contributed by atoms with E-state index in [1.54, 1.807) is 0 Å². The van der Waals surface area contributed by atoms with Crippen molar-refractivity contribution in [2.45, 2.75) is 25.1 Å². The predicted molar refractivity (Wildman–Crippen MR) is 61.9 cm³/mol. The van der Waals surface area contributed by atoms with E-state index in [9.17, 15) is 0 Å². The SMILES string of the molecule is CC(C)c1nc(CBr)c2ccccn12. The lowest BCUT2D eigenvalue weighted by atomic mass is 10.2. The lowest BCUT2D eigenvalue weighted by molar-refractivity contribution is 0.768. The van der Waals surface area contributed by atoms with Gasteiger partial charge in [-0.3, -0.25) is 0 Å². The average Bonchev–Trinajstić information content (AvgIpc) is 2.56. The van der Waals surface area contributed by atoms with E-state index >= 15 is 0 Å². The second-order valence-electron chi connectivity index (χ2n) is 3.66. The van der Waals surface area contributed by atoms with Crippen LogP contribution in [0.15, 0.2) is 24.4 Å². The number of imidazole rings is 1. The Morgan fingerprint density at radius 2 is 2.21 bits per heavy atom. The third-order valence-electron chi connectivity index (χ3n) is 2.29. The fourth-order valence-electron chi connectivity index (χ4n) is 1.63. The zero-order valence-electron chi connectivity index (χ0n) is 8.37. The highest BCUT2D eigenvalue weighted by atomic mass is 79.9. The summed E-state index contributed by atoms with van der Waals surface area (Å²) in [4.78, 5) is 4.62. The highest BCUT2D eigenvalue weighted by Gasteiger charge is 2.11. The first-order valence-electron chi connectivity index (χ1n) is 4.76. The van der Waals surface area contributed by atoms with Crippen LogP contribution in [0.2, 0.25) is 0 Å². The summed E-state index contributed by atoms with van der Waals surface area (Å²) in [5, 5.41) is 0.813. The fourth-order valence-corrected chi connectivity index (χ4v) is 2.05. The third-order valence-corrected chi connectivity index (χ3v) is 2.83. The van der Waals surface area contributed by atoms with Crippen LogP contribution < -0.4 is 0 Å². The summed E-state index contributed by atoms with van der Waals surface area (Å²) in [6.45, 7) is 4.33. The molecule has 74 valence electrons. The maximum Gasteiger partial charge on any atom is 0.116 e. The summed E-state index contributed by atoms with van der Waals surface area (Å²) >= 11 is 3.47. The van der Waals surface area contributed by atoms with Crippen molar-refractivity contribution in [2.75, 3.05) is 0 Å². The minimum atomic E-state index is 0.456. The molecule has 2 aromatic heterocycles. The van der Waals surface area contributed by atoms with Crippen LogP contribution in [0.25, 0.3) is 5.52 Å². The Bertz CT molecular complexity index is 445. The third kappa shape index (κ3) is 1.46. The molecule has 0 aliphatic rings. The molecule has 0 atom stereocenters. The van der Waals surface area contributed by atoms with Crippen LogP contribution >= 0.6 is 15.9 Å². The largest absolute Gasteiger partial charge is 0.303 e. The summed E-state index contributed by atoms with van der Waals surface area (Å²) < 4.78 is 2.17. The first kappa shape index (κ1) is 9.71. The molecule has 0 unspecified atom stereocenters. The molecule has 2 heterocycles. The van der Waals surface area contributed by atoms with Gasteiger partial charge >= 0.3 is 0 Å². The van der Waals surface area contributed by atoms with Crippen LogP contribution in [0.4, 0.5) is 0 Å². The van der Waals surface area contributed by atoms with Gasteiger partial charge in [0.1, 0.15) is 5.82 Å². The van der Waals surface area contributed by atoms with Crippen LogP contribution in [0.5, 0.6) is 0 Å². The molecule has 0 saturated heterocycles. The quantitative estimate of drug-likeness (QED) is 0.750. The van der Waals surface area contributed by atoms with E-state index < -0.39 is 0 Å². The molecule has 0 fully saturated rings. The number of fused-ring (bicyclic) bond motifs is 1. The Balaban J connectivity index is 2.73. The summed E-state index contributed by atoms with van der Waals surface area (Å²) in [6.07, 6.45) is 2.07. The molecule has 2 rings (SSSR count). The van der Waals surface area contributed by atoms with Gasteiger partial charge in [-0.15, -0.1) is 0 Å². The lowest BCUT2D eigenvalue weighted by Gasteiger charge is -2.02. The van der Waals surface area contributed by atoms with E-state index in [0.717, 1.165) is 16.8 Å². The van der Waals surface area contributed by atoms with Crippen LogP contribution in [0.3, 0.4) is 0 Å². The van der Waals surface area contributed by atoms with Crippen molar-refractivity contribution in [2.24, 2.45) is 0 Å². The zero-order chi connectivity index (χ0) is 10.1. The fraction of sp³-hybridized carbons (Fsp3) is 0.364. The molecule has 0 aliphatic carbocycles. The van der Waals surface area contributed by atoms with Gasteiger partial charge in [0.2, 0.25) is 0 Å². The van der Waals surface area contributed by atoms with Crippen molar-refractivity contribution >= 4 is 21.4 Å². The van der Waals surface area contributed by atoms with Gasteiger partial charge in [-0.05, 0) is 12.1 Å². The van der Waals surface area contributed by atoms with E-state index in [1.165, 1.54) is 5.52 Å². The highest BCUT2D eigenvalue weighted by molar-refractivity contribution is 9.08. The zero-order valence-corrected chi connectivity index (χ0v) is 9.95. The molecule has 0 amide bonds. The number of rotatable bonds is 2. The van der Waals surface area contributed by atoms with Crippen molar-refractivity contribution in [1.29, 1.82) is 0 Å². The monoisotopic (exact) mass is 252 g/mol. The topological polar surface area (TPSA) is 17.3 Å². The van der Waals surface area contributed by atoms with Gasteiger partial charge in [0.25, 0.3) is 0 Å². The van der Waals surface area contributed by atoms with Gasteiger partial charge in [0, 0.05) is 17.4 Å². The normalized spacial score (nSPS) is 11.4. The predicted octanol–water partition coefficient (Wildman–Crippen LogP) is 3.35. The maximum absolute atomic E-state index is 4.62. The molecular weight excluding hydrogens is 240 g/mol. The summed E-state index contributed by atoms with van der Waals surface area (Å²) in [7, 11) is 0. The molecule has 0 aromatic carbocycles. The molecule has 14 heavy (non-hydrogen) atoms. The highest BCUT2D eigenvalue weighted by Crippen LogP contribution is 2.20. The number of halogens is 1. The second-order valence-corrected chi connectivity index (χ2v) is 4.22. The smallest absolute Gasteiger partial charge is 0.116 e. The molecule has 0 aliphatic heterocycles. The second kappa shape index (κ2) is 3.73. The molecule has 2 nitrogen and oxygen atoms in total. The molecular formula is C11H13BrN2. The molecule has 2 aromatic rings. The average molecular weight is 253 g/mol. The van der Waals surface area contributed by atoms with Crippen molar-refractivity contribution in [3.63, 3.8) is 0 Å². The van der Waals surface area contributed by atoms with E-state index in [0.29, 0.717) is 5.92 Å². The molecule has 0 bridgehead atoms. The van der Waals surface area contributed by atoms with Gasteiger partial charge in [-0.2, -0.15) is 0 Å². The summed E-state index contributed by atoms with van der Waals surface area (Å²) in [5.74, 6) is 1.59. The first-order chi connectivity index (χ1) is 6.74. The van der Waals surface area contributed by atoms with Crippen LogP contribution in [0, 0.1) is 0 Å². The molecule has 0 N–H and O–H groups in total. The minimum absolute atomic E-state index is 0.456. The van der Waals surface area contributed by atoms with Gasteiger partial charge in [-0.1, -0.05) is 35.8 Å². The van der Waals surface area contributed by atoms with E-state index in [1.807, 2.05) is 12.1 Å². The van der Waals surface area contributed by atoms with E-state index in [4.69, 9.17) is 0 Å². The summed E-state index contributed by atoms with van der Waals surface area (Å²) in [5.41, 5.74) is 2.32. The number of aromatic nitrogens is 2. The minimum Gasteiger partial charge on any atom is -0.303 e. The Kier molecular flexibility index (Phi) is 2.59. The van der Waals surface area contributed by atoms with Gasteiger partial charge in [-0.25, -0.2) is 4.98 Å². The number of pyridine rings is 1. The van der Waals surface area contributed by atoms with E-state index in [-0.39, 0.29) is 0 Å². The van der Waals surface area contributed by atoms with Crippen molar-refractivity contribution in [1.82, 2.24) is 9.38 Å². The summed E-state index contributed by atoms with van der Waals surface area (Å²) in [6, 6.07) is 6.20. The van der Waals surface area contributed by atoms with Crippen molar-refractivity contribution in [3.05, 3.63) is 35.9 Å². The number of nitrogens with zero attached hydrogens (tertiary/aromatic N) is 2.